The van der Waals surface area contributed by atoms with Gasteiger partial charge in [0.15, 0.2) is 0 Å². The van der Waals surface area contributed by atoms with Crippen LogP contribution in [-0.4, -0.2) is 62.8 Å². The number of hydrogen-bond donors (Lipinski definition) is 1. The van der Waals surface area contributed by atoms with Crippen LogP contribution in [0.25, 0.3) is 0 Å². The molecule has 140 valence electrons. The first-order valence-electron chi connectivity index (χ1n) is 8.69. The van der Waals surface area contributed by atoms with E-state index < -0.39 is 10.0 Å². The summed E-state index contributed by atoms with van der Waals surface area (Å²) in [5.41, 5.74) is 0.452. The van der Waals surface area contributed by atoms with Crippen molar-refractivity contribution in [3.8, 4) is 0 Å². The van der Waals surface area contributed by atoms with Gasteiger partial charge < -0.3 is 10.2 Å². The van der Waals surface area contributed by atoms with E-state index in [0.717, 1.165) is 38.8 Å². The molecule has 0 aromatic heterocycles. The zero-order valence-corrected chi connectivity index (χ0v) is 15.9. The van der Waals surface area contributed by atoms with Crippen molar-refractivity contribution in [2.45, 2.75) is 30.6 Å². The molecule has 1 aromatic carbocycles. The molecular weight excluding hydrogens is 362 g/mol. The summed E-state index contributed by atoms with van der Waals surface area (Å²) in [6.45, 7) is 4.00. The Morgan fingerprint density at radius 2 is 1.60 bits per heavy atom. The second-order valence-electron chi connectivity index (χ2n) is 6.39. The number of nitrogens with one attached hydrogen (secondary N) is 1. The maximum absolute atomic E-state index is 12.9. The van der Waals surface area contributed by atoms with Crippen molar-refractivity contribution >= 4 is 28.3 Å². The average molecular weight is 388 g/mol. The Hall–Kier alpha value is -1.15. The highest BCUT2D eigenvalue weighted by Crippen LogP contribution is 2.21. The van der Waals surface area contributed by atoms with E-state index >= 15 is 0 Å². The highest BCUT2D eigenvalue weighted by Gasteiger charge is 2.26. The summed E-state index contributed by atoms with van der Waals surface area (Å²) < 4.78 is 27.3. The van der Waals surface area contributed by atoms with E-state index in [4.69, 9.17) is 0 Å². The Kier molecular flexibility index (Phi) is 7.25. The van der Waals surface area contributed by atoms with Gasteiger partial charge in [-0.05, 0) is 31.0 Å². The van der Waals surface area contributed by atoms with E-state index in [2.05, 4.69) is 5.32 Å². The summed E-state index contributed by atoms with van der Waals surface area (Å²) in [5, 5.41) is 3.21. The number of benzene rings is 1. The highest BCUT2D eigenvalue weighted by molar-refractivity contribution is 7.89. The van der Waals surface area contributed by atoms with Crippen LogP contribution in [0, 0.1) is 0 Å². The molecule has 2 aliphatic rings. The van der Waals surface area contributed by atoms with Crippen molar-refractivity contribution in [3.05, 3.63) is 29.8 Å². The van der Waals surface area contributed by atoms with Crippen molar-refractivity contribution in [1.29, 1.82) is 0 Å². The zero-order chi connectivity index (χ0) is 17.0. The van der Waals surface area contributed by atoms with Crippen LogP contribution in [0.2, 0.25) is 0 Å². The Bertz CT molecular complexity index is 682. The quantitative estimate of drug-likeness (QED) is 0.857. The largest absolute Gasteiger partial charge is 0.336 e. The predicted molar refractivity (Wildman–Crippen MR) is 99.7 cm³/mol. The summed E-state index contributed by atoms with van der Waals surface area (Å²) in [6.07, 6.45) is 3.96. The van der Waals surface area contributed by atoms with Gasteiger partial charge in [-0.1, -0.05) is 18.9 Å². The van der Waals surface area contributed by atoms with Crippen LogP contribution in [0.3, 0.4) is 0 Å². The van der Waals surface area contributed by atoms with Crippen molar-refractivity contribution in [2.75, 3.05) is 39.3 Å². The summed E-state index contributed by atoms with van der Waals surface area (Å²) in [7, 11) is -3.52. The number of sulfonamides is 1. The molecule has 2 aliphatic heterocycles. The standard InChI is InChI=1S/C17H25N3O3S.ClH/c21-17(19-12-8-18-9-13-19)15-6-5-7-16(14-15)24(22,23)20-10-3-1-2-4-11-20;/h5-7,14,18H,1-4,8-13H2;1H. The summed E-state index contributed by atoms with van der Waals surface area (Å²) in [6, 6.07) is 6.49. The number of halogens is 1. The van der Waals surface area contributed by atoms with Gasteiger partial charge in [-0.3, -0.25) is 4.79 Å². The third kappa shape index (κ3) is 4.73. The molecule has 25 heavy (non-hydrogen) atoms. The van der Waals surface area contributed by atoms with E-state index in [-0.39, 0.29) is 23.2 Å². The molecule has 3 rings (SSSR count). The zero-order valence-electron chi connectivity index (χ0n) is 14.3. The molecule has 0 spiro atoms. The molecule has 2 heterocycles. The first-order chi connectivity index (χ1) is 11.6. The summed E-state index contributed by atoms with van der Waals surface area (Å²) in [4.78, 5) is 14.6. The normalized spacial score (nSPS) is 19.8. The van der Waals surface area contributed by atoms with Crippen LogP contribution in [0.5, 0.6) is 0 Å². The number of hydrogen-bond acceptors (Lipinski definition) is 4. The first-order valence-corrected chi connectivity index (χ1v) is 10.1. The van der Waals surface area contributed by atoms with Crippen molar-refractivity contribution in [1.82, 2.24) is 14.5 Å². The van der Waals surface area contributed by atoms with Gasteiger partial charge in [0.25, 0.3) is 5.91 Å². The molecule has 0 atom stereocenters. The van der Waals surface area contributed by atoms with Crippen LogP contribution in [0.15, 0.2) is 29.2 Å². The van der Waals surface area contributed by atoms with Crippen molar-refractivity contribution in [2.24, 2.45) is 0 Å². The Balaban J connectivity index is 0.00000225. The van der Waals surface area contributed by atoms with E-state index in [1.165, 1.54) is 6.07 Å². The molecule has 1 N–H and O–H groups in total. The number of nitrogens with zero attached hydrogens (tertiary/aromatic N) is 2. The van der Waals surface area contributed by atoms with E-state index in [0.29, 0.717) is 31.7 Å². The highest BCUT2D eigenvalue weighted by atomic mass is 35.5. The molecule has 1 amide bonds. The monoisotopic (exact) mass is 387 g/mol. The van der Waals surface area contributed by atoms with Gasteiger partial charge in [0.05, 0.1) is 4.90 Å². The van der Waals surface area contributed by atoms with Crippen molar-refractivity contribution in [3.63, 3.8) is 0 Å². The van der Waals surface area contributed by atoms with E-state index in [9.17, 15) is 13.2 Å². The summed E-state index contributed by atoms with van der Waals surface area (Å²) in [5.74, 6) is -0.0931. The molecule has 2 saturated heterocycles. The number of carbonyl (C=O) groups excluding carboxylic acids is 1. The van der Waals surface area contributed by atoms with Gasteiger partial charge >= 0.3 is 0 Å². The third-order valence-corrected chi connectivity index (χ3v) is 6.58. The van der Waals surface area contributed by atoms with Crippen LogP contribution in [0.1, 0.15) is 36.0 Å². The minimum atomic E-state index is -3.52. The number of carbonyl (C=O) groups is 1. The van der Waals surface area contributed by atoms with Gasteiger partial charge in [0.1, 0.15) is 0 Å². The molecule has 2 fully saturated rings. The van der Waals surface area contributed by atoms with Crippen LogP contribution >= 0.6 is 12.4 Å². The molecule has 8 heteroatoms. The lowest BCUT2D eigenvalue weighted by Gasteiger charge is -2.27. The first kappa shape index (κ1) is 20.2. The fraction of sp³-hybridized carbons (Fsp3) is 0.588. The molecule has 0 saturated carbocycles. The second kappa shape index (κ2) is 8.98. The number of piperazine rings is 1. The fourth-order valence-corrected chi connectivity index (χ4v) is 4.83. The average Bonchev–Trinajstić information content (AvgIpc) is 2.92. The lowest BCUT2D eigenvalue weighted by atomic mass is 10.2. The Morgan fingerprint density at radius 1 is 0.960 bits per heavy atom. The molecule has 0 unspecified atom stereocenters. The smallest absolute Gasteiger partial charge is 0.253 e. The fourth-order valence-electron chi connectivity index (χ4n) is 3.27. The van der Waals surface area contributed by atoms with Crippen LogP contribution < -0.4 is 5.32 Å². The molecule has 6 nitrogen and oxygen atoms in total. The maximum atomic E-state index is 12.9. The lowest BCUT2D eigenvalue weighted by molar-refractivity contribution is 0.0735. The number of rotatable bonds is 3. The molecule has 0 radical (unpaired) electrons. The van der Waals surface area contributed by atoms with Crippen molar-refractivity contribution < 1.29 is 13.2 Å². The minimum absolute atomic E-state index is 0. The molecule has 0 bridgehead atoms. The number of amides is 1. The molecule has 1 aromatic rings. The van der Waals surface area contributed by atoms with Gasteiger partial charge in [-0.15, -0.1) is 12.4 Å². The SMILES string of the molecule is Cl.O=C(c1cccc(S(=O)(=O)N2CCCCCC2)c1)N1CCNCC1. The van der Waals surface area contributed by atoms with Gasteiger partial charge in [-0.25, -0.2) is 8.42 Å². The topological polar surface area (TPSA) is 69.7 Å². The van der Waals surface area contributed by atoms with E-state index in [1.807, 2.05) is 0 Å². The molecule has 0 aliphatic carbocycles. The maximum Gasteiger partial charge on any atom is 0.253 e. The van der Waals surface area contributed by atoms with Gasteiger partial charge in [0, 0.05) is 44.8 Å². The van der Waals surface area contributed by atoms with E-state index in [1.54, 1.807) is 27.4 Å². The lowest BCUT2D eigenvalue weighted by Crippen LogP contribution is -2.46. The summed E-state index contributed by atoms with van der Waals surface area (Å²) >= 11 is 0. The van der Waals surface area contributed by atoms with Gasteiger partial charge in [0.2, 0.25) is 10.0 Å². The third-order valence-electron chi connectivity index (χ3n) is 4.69. The predicted octanol–water partition coefficient (Wildman–Crippen LogP) is 1.72. The minimum Gasteiger partial charge on any atom is -0.336 e. The second-order valence-corrected chi connectivity index (χ2v) is 8.33. The van der Waals surface area contributed by atoms with Gasteiger partial charge in [-0.2, -0.15) is 4.31 Å². The molecular formula is C17H26ClN3O3S. The Morgan fingerprint density at radius 3 is 2.24 bits per heavy atom. The Labute approximate surface area is 156 Å². The van der Waals surface area contributed by atoms with Crippen LogP contribution in [-0.2, 0) is 10.0 Å². The van der Waals surface area contributed by atoms with Crippen LogP contribution in [0.4, 0.5) is 0 Å².